The molecule has 0 spiro atoms. The van der Waals surface area contributed by atoms with Crippen LogP contribution in [0.3, 0.4) is 0 Å². The van der Waals surface area contributed by atoms with Gasteiger partial charge < -0.3 is 9.84 Å². The van der Waals surface area contributed by atoms with Crippen LogP contribution >= 0.6 is 0 Å². The van der Waals surface area contributed by atoms with Gasteiger partial charge in [-0.05, 0) is 37.5 Å². The maximum atomic E-state index is 11.3. The van der Waals surface area contributed by atoms with Gasteiger partial charge >= 0.3 is 5.97 Å². The molecule has 0 aromatic carbocycles. The van der Waals surface area contributed by atoms with Crippen LogP contribution in [0.4, 0.5) is 0 Å². The summed E-state index contributed by atoms with van der Waals surface area (Å²) in [6.45, 7) is 6.13. The molecule has 0 radical (unpaired) electrons. The van der Waals surface area contributed by atoms with Crippen molar-refractivity contribution in [3.63, 3.8) is 0 Å². The molecule has 5 nitrogen and oxygen atoms in total. The Morgan fingerprint density at radius 3 is 2.52 bits per heavy atom. The van der Waals surface area contributed by atoms with Crippen LogP contribution in [0, 0.1) is 5.92 Å². The highest BCUT2D eigenvalue weighted by molar-refractivity contribution is 5.88. The highest BCUT2D eigenvalue weighted by atomic mass is 16.5. The second-order valence-electron chi connectivity index (χ2n) is 6.33. The van der Waals surface area contributed by atoms with Crippen molar-refractivity contribution < 1.29 is 14.6 Å². The number of ether oxygens (including phenoxy) is 1. The Bertz CT molecular complexity index is 520. The maximum absolute atomic E-state index is 11.3. The fraction of sp³-hybridized carbons (Fsp3) is 0.688. The zero-order chi connectivity index (χ0) is 15.6. The van der Waals surface area contributed by atoms with E-state index in [1.165, 1.54) is 6.20 Å². The van der Waals surface area contributed by atoms with Crippen LogP contribution in [0.1, 0.15) is 74.2 Å². The van der Waals surface area contributed by atoms with Crippen molar-refractivity contribution >= 4 is 5.97 Å². The molecule has 0 unspecified atom stereocenters. The molecule has 1 aromatic heterocycles. The minimum atomic E-state index is -0.978. The van der Waals surface area contributed by atoms with Gasteiger partial charge in [-0.2, -0.15) is 0 Å². The fourth-order valence-corrected chi connectivity index (χ4v) is 2.97. The Balaban J connectivity index is 2.43. The summed E-state index contributed by atoms with van der Waals surface area (Å²) in [6, 6.07) is 0. The molecule has 0 saturated heterocycles. The topological polar surface area (TPSA) is 72.3 Å². The van der Waals surface area contributed by atoms with Gasteiger partial charge in [-0.3, -0.25) is 0 Å². The molecule has 1 N–H and O–H groups in total. The van der Waals surface area contributed by atoms with Gasteiger partial charge in [0.1, 0.15) is 5.60 Å². The molecule has 1 aromatic rings. The van der Waals surface area contributed by atoms with Gasteiger partial charge in [0.2, 0.25) is 0 Å². The Morgan fingerprint density at radius 1 is 1.43 bits per heavy atom. The lowest BCUT2D eigenvalue weighted by atomic mass is 9.78. The first-order valence-corrected chi connectivity index (χ1v) is 7.55. The first-order valence-electron chi connectivity index (χ1n) is 7.55. The lowest BCUT2D eigenvalue weighted by Gasteiger charge is -2.37. The summed E-state index contributed by atoms with van der Waals surface area (Å²) in [5, 5.41) is 9.26. The first kappa shape index (κ1) is 15.9. The van der Waals surface area contributed by atoms with Crippen molar-refractivity contribution in [1.29, 1.82) is 0 Å². The van der Waals surface area contributed by atoms with E-state index in [1.54, 1.807) is 7.11 Å². The van der Waals surface area contributed by atoms with Crippen LogP contribution in [0.25, 0.3) is 0 Å². The quantitative estimate of drug-likeness (QED) is 0.921. The minimum absolute atomic E-state index is 0.0364. The number of carboxylic acids is 1. The summed E-state index contributed by atoms with van der Waals surface area (Å²) < 4.78 is 5.78. The summed E-state index contributed by atoms with van der Waals surface area (Å²) in [5.41, 5.74) is 0.305. The summed E-state index contributed by atoms with van der Waals surface area (Å²) in [4.78, 5) is 20.2. The van der Waals surface area contributed by atoms with E-state index in [2.05, 4.69) is 16.9 Å². The van der Waals surface area contributed by atoms with Crippen LogP contribution in [-0.2, 0) is 10.3 Å². The van der Waals surface area contributed by atoms with Gasteiger partial charge in [0.25, 0.3) is 0 Å². The van der Waals surface area contributed by atoms with Crippen LogP contribution in [0.5, 0.6) is 0 Å². The van der Waals surface area contributed by atoms with E-state index in [0.717, 1.165) is 25.7 Å². The summed E-state index contributed by atoms with van der Waals surface area (Å²) >= 11 is 0. The lowest BCUT2D eigenvalue weighted by Crippen LogP contribution is -2.35. The standard InChI is InChI=1S/C16H24N2O3/c1-10(2)13-12(14(19)20)9-17-15(18-13)16(21-4)7-5-11(3)6-8-16/h9-11H,5-8H2,1-4H3,(H,19,20). The third kappa shape index (κ3) is 3.07. The lowest BCUT2D eigenvalue weighted by molar-refractivity contribution is -0.0599. The number of hydrogen-bond donors (Lipinski definition) is 1. The van der Waals surface area contributed by atoms with Gasteiger partial charge in [-0.15, -0.1) is 0 Å². The minimum Gasteiger partial charge on any atom is -0.478 e. The molecule has 116 valence electrons. The molecule has 1 heterocycles. The molecule has 1 aliphatic carbocycles. The monoisotopic (exact) mass is 292 g/mol. The predicted octanol–water partition coefficient (Wildman–Crippen LogP) is 3.35. The molecular formula is C16H24N2O3. The van der Waals surface area contributed by atoms with Crippen molar-refractivity contribution in [2.45, 2.75) is 58.0 Å². The molecule has 2 rings (SSSR count). The average Bonchev–Trinajstić information content (AvgIpc) is 2.47. The van der Waals surface area contributed by atoms with Crippen LogP contribution in [0.2, 0.25) is 0 Å². The second-order valence-corrected chi connectivity index (χ2v) is 6.33. The molecule has 1 fully saturated rings. The number of carboxylic acid groups (broad SMARTS) is 1. The predicted molar refractivity (Wildman–Crippen MR) is 79.4 cm³/mol. The van der Waals surface area contributed by atoms with E-state index >= 15 is 0 Å². The molecule has 0 atom stereocenters. The number of aromatic carboxylic acids is 1. The summed E-state index contributed by atoms with van der Waals surface area (Å²) in [5.74, 6) is 0.380. The van der Waals surface area contributed by atoms with E-state index in [9.17, 15) is 9.90 Å². The zero-order valence-electron chi connectivity index (χ0n) is 13.2. The third-order valence-electron chi connectivity index (χ3n) is 4.48. The molecule has 1 saturated carbocycles. The highest BCUT2D eigenvalue weighted by Crippen LogP contribution is 2.40. The van der Waals surface area contributed by atoms with Gasteiger partial charge in [0.05, 0.1) is 11.3 Å². The number of nitrogens with zero attached hydrogens (tertiary/aromatic N) is 2. The summed E-state index contributed by atoms with van der Waals surface area (Å²) in [7, 11) is 1.69. The Morgan fingerprint density at radius 2 is 2.05 bits per heavy atom. The Kier molecular flexibility index (Phi) is 4.61. The van der Waals surface area contributed by atoms with Crippen LogP contribution in [-0.4, -0.2) is 28.2 Å². The number of hydrogen-bond acceptors (Lipinski definition) is 4. The zero-order valence-corrected chi connectivity index (χ0v) is 13.2. The number of carbonyl (C=O) groups is 1. The summed E-state index contributed by atoms with van der Waals surface area (Å²) in [6.07, 6.45) is 5.35. The number of rotatable bonds is 4. The Hall–Kier alpha value is -1.49. The largest absolute Gasteiger partial charge is 0.478 e. The van der Waals surface area contributed by atoms with Gasteiger partial charge in [0, 0.05) is 13.3 Å². The van der Waals surface area contributed by atoms with Crippen LogP contribution in [0.15, 0.2) is 6.20 Å². The van der Waals surface area contributed by atoms with E-state index in [4.69, 9.17) is 4.74 Å². The van der Waals surface area contributed by atoms with Gasteiger partial charge in [0.15, 0.2) is 5.82 Å². The van der Waals surface area contributed by atoms with Gasteiger partial charge in [-0.1, -0.05) is 20.8 Å². The normalized spacial score (nSPS) is 26.0. The number of methoxy groups -OCH3 is 1. The second kappa shape index (κ2) is 6.10. The Labute approximate surface area is 125 Å². The third-order valence-corrected chi connectivity index (χ3v) is 4.48. The maximum Gasteiger partial charge on any atom is 0.339 e. The molecule has 0 bridgehead atoms. The van der Waals surface area contributed by atoms with E-state index in [0.29, 0.717) is 17.4 Å². The van der Waals surface area contributed by atoms with Crippen molar-refractivity contribution in [2.24, 2.45) is 5.92 Å². The van der Waals surface area contributed by atoms with E-state index < -0.39 is 11.6 Å². The van der Waals surface area contributed by atoms with Crippen molar-refractivity contribution in [2.75, 3.05) is 7.11 Å². The van der Waals surface area contributed by atoms with E-state index in [-0.39, 0.29) is 11.5 Å². The molecule has 1 aliphatic rings. The molecule has 21 heavy (non-hydrogen) atoms. The van der Waals surface area contributed by atoms with Crippen molar-refractivity contribution in [1.82, 2.24) is 9.97 Å². The fourth-order valence-electron chi connectivity index (χ4n) is 2.97. The smallest absolute Gasteiger partial charge is 0.339 e. The molecule has 0 amide bonds. The van der Waals surface area contributed by atoms with Crippen molar-refractivity contribution in [3.8, 4) is 0 Å². The van der Waals surface area contributed by atoms with Crippen molar-refractivity contribution in [3.05, 3.63) is 23.3 Å². The molecule has 0 aliphatic heterocycles. The molecule has 5 heteroatoms. The van der Waals surface area contributed by atoms with E-state index in [1.807, 2.05) is 13.8 Å². The average molecular weight is 292 g/mol. The number of aromatic nitrogens is 2. The highest BCUT2D eigenvalue weighted by Gasteiger charge is 2.39. The molecular weight excluding hydrogens is 268 g/mol. The first-order chi connectivity index (χ1) is 9.89. The van der Waals surface area contributed by atoms with Gasteiger partial charge in [-0.25, -0.2) is 14.8 Å². The SMILES string of the molecule is COC1(c2ncc(C(=O)O)c(C(C)C)n2)CCC(C)CC1. The van der Waals surface area contributed by atoms with Crippen LogP contribution < -0.4 is 0 Å².